The lowest BCUT2D eigenvalue weighted by molar-refractivity contribution is -0.142. The molecule has 0 spiro atoms. The fraction of sp³-hybridized carbons (Fsp3) is 0.818. The summed E-state index contributed by atoms with van der Waals surface area (Å²) in [4.78, 5) is 22.3. The lowest BCUT2D eigenvalue weighted by Gasteiger charge is -2.27. The maximum atomic E-state index is 11.6. The largest absolute Gasteiger partial charge is 0.480 e. The predicted octanol–water partition coefficient (Wildman–Crippen LogP) is -0.298. The van der Waals surface area contributed by atoms with Crippen LogP contribution in [0, 0.1) is 5.41 Å². The molecule has 0 saturated heterocycles. The second-order valence-electron chi connectivity index (χ2n) is 5.15. The Balaban J connectivity index is 4.29. The van der Waals surface area contributed by atoms with Crippen molar-refractivity contribution in [3.8, 4) is 0 Å². The molecule has 0 fully saturated rings. The van der Waals surface area contributed by atoms with Crippen LogP contribution in [0.3, 0.4) is 0 Å². The molecule has 2 atom stereocenters. The highest BCUT2D eigenvalue weighted by atomic mass is 16.4. The van der Waals surface area contributed by atoms with E-state index >= 15 is 0 Å². The van der Waals surface area contributed by atoms with Gasteiger partial charge in [-0.15, -0.1) is 0 Å². The van der Waals surface area contributed by atoms with Crippen LogP contribution in [0.4, 0.5) is 0 Å². The van der Waals surface area contributed by atoms with E-state index in [9.17, 15) is 9.59 Å². The van der Waals surface area contributed by atoms with E-state index < -0.39 is 17.9 Å². The molecule has 0 aliphatic carbocycles. The molecule has 17 heavy (non-hydrogen) atoms. The molecular weight excluding hydrogens is 224 g/mol. The average molecular weight is 246 g/mol. The minimum atomic E-state index is -1.16. The Kier molecular flexibility index (Phi) is 6.12. The maximum Gasteiger partial charge on any atom is 0.326 e. The highest BCUT2D eigenvalue weighted by Crippen LogP contribution is 2.19. The van der Waals surface area contributed by atoms with Crippen molar-refractivity contribution in [1.29, 1.82) is 0 Å². The summed E-state index contributed by atoms with van der Waals surface area (Å²) in [6.45, 7) is 5.44. The number of rotatable bonds is 6. The van der Waals surface area contributed by atoms with Gasteiger partial charge in [-0.05, 0) is 5.41 Å². The molecule has 0 saturated carbocycles. The quantitative estimate of drug-likeness (QED) is 0.514. The van der Waals surface area contributed by atoms with Gasteiger partial charge in [-0.2, -0.15) is 0 Å². The number of hydrogen-bond acceptors (Lipinski definition) is 4. The van der Waals surface area contributed by atoms with Gasteiger partial charge in [0.25, 0.3) is 0 Å². The zero-order valence-corrected chi connectivity index (χ0v) is 10.6. The Labute approximate surface area is 101 Å². The molecule has 100 valence electrons. The van der Waals surface area contributed by atoms with Crippen LogP contribution in [-0.2, 0) is 9.59 Å². The number of carboxylic acids is 1. The van der Waals surface area contributed by atoms with E-state index in [2.05, 4.69) is 5.32 Å². The zero-order valence-electron chi connectivity index (χ0n) is 10.6. The molecule has 0 aliphatic rings. The highest BCUT2D eigenvalue weighted by Gasteiger charge is 2.25. The first-order chi connectivity index (χ1) is 7.68. The van der Waals surface area contributed by atoms with Gasteiger partial charge in [-0.25, -0.2) is 4.79 Å². The maximum absolute atomic E-state index is 11.6. The molecule has 0 bridgehead atoms. The van der Waals surface area contributed by atoms with Crippen molar-refractivity contribution in [3.63, 3.8) is 0 Å². The smallest absolute Gasteiger partial charge is 0.326 e. The molecular formula is C11H22N2O4. The van der Waals surface area contributed by atoms with Gasteiger partial charge >= 0.3 is 5.97 Å². The van der Waals surface area contributed by atoms with E-state index in [0.717, 1.165) is 0 Å². The van der Waals surface area contributed by atoms with Gasteiger partial charge in [0.1, 0.15) is 6.04 Å². The number of amides is 1. The van der Waals surface area contributed by atoms with Crippen LogP contribution < -0.4 is 11.1 Å². The molecule has 6 nitrogen and oxygen atoms in total. The molecule has 0 aliphatic heterocycles. The third kappa shape index (κ3) is 6.23. The van der Waals surface area contributed by atoms with Crippen molar-refractivity contribution in [2.75, 3.05) is 6.61 Å². The Morgan fingerprint density at radius 2 is 1.88 bits per heavy atom. The number of aliphatic hydroxyl groups is 1. The van der Waals surface area contributed by atoms with E-state index in [0.29, 0.717) is 0 Å². The Morgan fingerprint density at radius 3 is 2.24 bits per heavy atom. The monoisotopic (exact) mass is 246 g/mol. The van der Waals surface area contributed by atoms with Crippen LogP contribution in [0.15, 0.2) is 0 Å². The molecule has 0 heterocycles. The van der Waals surface area contributed by atoms with E-state index in [-0.39, 0.29) is 30.9 Å². The lowest BCUT2D eigenvalue weighted by Crippen LogP contribution is -2.45. The second-order valence-corrected chi connectivity index (χ2v) is 5.15. The summed E-state index contributed by atoms with van der Waals surface area (Å²) in [6.07, 6.45) is 0.0601. The van der Waals surface area contributed by atoms with Crippen molar-refractivity contribution < 1.29 is 19.8 Å². The number of aliphatic carboxylic acids is 1. The molecule has 1 unspecified atom stereocenters. The summed E-state index contributed by atoms with van der Waals surface area (Å²) >= 11 is 0. The summed E-state index contributed by atoms with van der Waals surface area (Å²) in [5.41, 5.74) is 5.60. The van der Waals surface area contributed by atoms with E-state index in [1.54, 1.807) is 0 Å². The Bertz CT molecular complexity index is 273. The van der Waals surface area contributed by atoms with Gasteiger partial charge in [0.2, 0.25) is 5.91 Å². The topological polar surface area (TPSA) is 113 Å². The van der Waals surface area contributed by atoms with Gasteiger partial charge in [-0.1, -0.05) is 20.8 Å². The van der Waals surface area contributed by atoms with Crippen molar-refractivity contribution in [3.05, 3.63) is 0 Å². The average Bonchev–Trinajstić information content (AvgIpc) is 2.15. The molecule has 6 heteroatoms. The fourth-order valence-corrected chi connectivity index (χ4v) is 1.15. The van der Waals surface area contributed by atoms with E-state index in [4.69, 9.17) is 15.9 Å². The number of hydrogen-bond donors (Lipinski definition) is 4. The first kappa shape index (κ1) is 15.9. The summed E-state index contributed by atoms with van der Waals surface area (Å²) < 4.78 is 0. The lowest BCUT2D eigenvalue weighted by atomic mass is 9.85. The third-order valence-corrected chi connectivity index (χ3v) is 2.57. The number of nitrogens with one attached hydrogen (secondary N) is 1. The van der Waals surface area contributed by atoms with Crippen LogP contribution in [0.25, 0.3) is 0 Å². The number of aliphatic hydroxyl groups excluding tert-OH is 1. The summed E-state index contributed by atoms with van der Waals surface area (Å²) in [5.74, 6) is -1.56. The summed E-state index contributed by atoms with van der Waals surface area (Å²) in [6, 6.07) is -1.40. The van der Waals surface area contributed by atoms with Crippen molar-refractivity contribution in [2.24, 2.45) is 11.1 Å². The third-order valence-electron chi connectivity index (χ3n) is 2.57. The van der Waals surface area contributed by atoms with Gasteiger partial charge in [-0.3, -0.25) is 4.79 Å². The molecule has 0 aromatic carbocycles. The zero-order chi connectivity index (χ0) is 13.6. The van der Waals surface area contributed by atoms with Crippen LogP contribution in [0.1, 0.15) is 33.6 Å². The normalized spacial score (nSPS) is 15.1. The molecule has 5 N–H and O–H groups in total. The minimum absolute atomic E-state index is 0.00811. The minimum Gasteiger partial charge on any atom is -0.480 e. The van der Waals surface area contributed by atoms with E-state index in [1.165, 1.54) is 0 Å². The van der Waals surface area contributed by atoms with Crippen LogP contribution in [-0.4, -0.2) is 40.8 Å². The van der Waals surface area contributed by atoms with Crippen molar-refractivity contribution in [2.45, 2.75) is 45.7 Å². The molecule has 0 aromatic rings. The summed E-state index contributed by atoms with van der Waals surface area (Å²) in [7, 11) is 0. The first-order valence-electron chi connectivity index (χ1n) is 5.57. The highest BCUT2D eigenvalue weighted by molar-refractivity contribution is 5.83. The van der Waals surface area contributed by atoms with Crippen molar-refractivity contribution in [1.82, 2.24) is 5.32 Å². The van der Waals surface area contributed by atoms with Gasteiger partial charge in [0.05, 0.1) is 0 Å². The Hall–Kier alpha value is -1.14. The second kappa shape index (κ2) is 6.56. The fourth-order valence-electron chi connectivity index (χ4n) is 1.15. The molecule has 0 radical (unpaired) electrons. The van der Waals surface area contributed by atoms with Crippen LogP contribution in [0.5, 0.6) is 0 Å². The van der Waals surface area contributed by atoms with Gasteiger partial charge < -0.3 is 21.3 Å². The SMILES string of the molecule is CC(C)(C)C(N)CC(=O)N[C@@H](CCO)C(=O)O. The van der Waals surface area contributed by atoms with Crippen LogP contribution in [0.2, 0.25) is 0 Å². The molecule has 1 amide bonds. The van der Waals surface area contributed by atoms with E-state index in [1.807, 2.05) is 20.8 Å². The van der Waals surface area contributed by atoms with Gasteiger partial charge in [0.15, 0.2) is 0 Å². The van der Waals surface area contributed by atoms with Crippen LogP contribution >= 0.6 is 0 Å². The molecule has 0 rings (SSSR count). The number of carbonyl (C=O) groups excluding carboxylic acids is 1. The predicted molar refractivity (Wildman–Crippen MR) is 63.3 cm³/mol. The first-order valence-corrected chi connectivity index (χ1v) is 5.57. The number of carboxylic acid groups (broad SMARTS) is 1. The van der Waals surface area contributed by atoms with Crippen molar-refractivity contribution >= 4 is 11.9 Å². The Morgan fingerprint density at radius 1 is 1.35 bits per heavy atom. The molecule has 0 aromatic heterocycles. The number of carbonyl (C=O) groups is 2. The standard InChI is InChI=1S/C11H22N2O4/c1-11(2,3)8(12)6-9(15)13-7(4-5-14)10(16)17/h7-8,14H,4-6,12H2,1-3H3,(H,13,15)(H,16,17)/t7-,8?/m0/s1. The summed E-state index contributed by atoms with van der Waals surface area (Å²) in [5, 5.41) is 19.8. The van der Waals surface area contributed by atoms with Gasteiger partial charge in [0, 0.05) is 25.5 Å². The number of nitrogens with two attached hydrogens (primary N) is 1.